The van der Waals surface area contributed by atoms with Crippen molar-refractivity contribution < 1.29 is 43.8 Å². The minimum absolute atomic E-state index is 0.442. The molecule has 0 aromatic carbocycles. The van der Waals surface area contributed by atoms with Crippen molar-refractivity contribution in [1.29, 1.82) is 0 Å². The van der Waals surface area contributed by atoms with Gasteiger partial charge in [-0.15, -0.1) is 0 Å². The Balaban J connectivity index is 3.85. The number of nitrogens with one attached hydrogen (secondary N) is 1. The molecule has 0 radical (unpaired) electrons. The largest absolute Gasteiger partial charge is 0.450 e. The van der Waals surface area contributed by atoms with E-state index in [4.69, 9.17) is 10.8 Å². The molecule has 0 spiro atoms. The van der Waals surface area contributed by atoms with Crippen molar-refractivity contribution in [3.8, 4) is 0 Å². The third kappa shape index (κ3) is 8.48. The lowest BCUT2D eigenvalue weighted by Crippen LogP contribution is -2.44. The van der Waals surface area contributed by atoms with Gasteiger partial charge in [0.15, 0.2) is 6.61 Å². The van der Waals surface area contributed by atoms with Crippen LogP contribution in [0.25, 0.3) is 0 Å². The molecule has 0 fully saturated rings. The summed E-state index contributed by atoms with van der Waals surface area (Å²) in [6.07, 6.45) is -1.97. The van der Waals surface area contributed by atoms with Crippen LogP contribution in [-0.4, -0.2) is 48.3 Å². The first-order chi connectivity index (χ1) is 8.86. The third-order valence-corrected chi connectivity index (χ3v) is 1.32. The molecule has 11 heteroatoms. The molecule has 0 saturated carbocycles. The zero-order valence-electron chi connectivity index (χ0n) is 9.78. The molecule has 0 aromatic heterocycles. The lowest BCUT2D eigenvalue weighted by atomic mass is 10.5. The standard InChI is InChI=1S/C8H12N2O9/c1-4(11)17-19-18-6(13)3-16-8(15)7(14)10-5(12)2-9/h7,14H,2-3,9H2,1H3,(H,10,12). The predicted octanol–water partition coefficient (Wildman–Crippen LogP) is -3.12. The van der Waals surface area contributed by atoms with Gasteiger partial charge in [0.1, 0.15) is 0 Å². The third-order valence-electron chi connectivity index (χ3n) is 1.32. The van der Waals surface area contributed by atoms with Crippen molar-refractivity contribution in [2.75, 3.05) is 13.2 Å². The van der Waals surface area contributed by atoms with Gasteiger partial charge in [-0.3, -0.25) is 14.6 Å². The van der Waals surface area contributed by atoms with Crippen LogP contribution in [0.5, 0.6) is 0 Å². The van der Waals surface area contributed by atoms with Crippen LogP contribution in [0.2, 0.25) is 0 Å². The van der Waals surface area contributed by atoms with E-state index in [-0.39, 0.29) is 0 Å². The van der Waals surface area contributed by atoms with Crippen molar-refractivity contribution in [3.05, 3.63) is 0 Å². The van der Waals surface area contributed by atoms with Gasteiger partial charge in [0.25, 0.3) is 0 Å². The number of hydrogen-bond donors (Lipinski definition) is 3. The highest BCUT2D eigenvalue weighted by molar-refractivity contribution is 5.85. The van der Waals surface area contributed by atoms with Gasteiger partial charge < -0.3 is 20.9 Å². The number of carbonyl (C=O) groups excluding carboxylic acids is 4. The minimum atomic E-state index is -1.97. The van der Waals surface area contributed by atoms with Crippen molar-refractivity contribution in [2.45, 2.75) is 13.2 Å². The second-order valence-electron chi connectivity index (χ2n) is 2.88. The van der Waals surface area contributed by atoms with Crippen molar-refractivity contribution in [2.24, 2.45) is 5.73 Å². The average molecular weight is 280 g/mol. The molecule has 108 valence electrons. The fourth-order valence-electron chi connectivity index (χ4n) is 0.606. The van der Waals surface area contributed by atoms with Crippen LogP contribution in [0.1, 0.15) is 6.92 Å². The molecule has 1 unspecified atom stereocenters. The van der Waals surface area contributed by atoms with Gasteiger partial charge in [0.2, 0.25) is 12.1 Å². The number of rotatable bonds is 7. The summed E-state index contributed by atoms with van der Waals surface area (Å²) in [5, 5.41) is 14.5. The first kappa shape index (κ1) is 16.8. The maximum absolute atomic E-state index is 11.0. The quantitative estimate of drug-likeness (QED) is 0.188. The van der Waals surface area contributed by atoms with E-state index in [2.05, 4.69) is 19.6 Å². The van der Waals surface area contributed by atoms with E-state index in [1.807, 2.05) is 0 Å². The second-order valence-corrected chi connectivity index (χ2v) is 2.88. The molecule has 0 aliphatic heterocycles. The Morgan fingerprint density at radius 1 is 1.26 bits per heavy atom. The van der Waals surface area contributed by atoms with E-state index < -0.39 is 43.2 Å². The predicted molar refractivity (Wildman–Crippen MR) is 53.1 cm³/mol. The molecule has 1 amide bonds. The van der Waals surface area contributed by atoms with Crippen molar-refractivity contribution >= 4 is 23.8 Å². The number of aliphatic hydroxyl groups is 1. The molecule has 0 aliphatic rings. The first-order valence-electron chi connectivity index (χ1n) is 4.75. The van der Waals surface area contributed by atoms with Gasteiger partial charge in [-0.2, -0.15) is 0 Å². The highest BCUT2D eigenvalue weighted by Gasteiger charge is 2.20. The summed E-state index contributed by atoms with van der Waals surface area (Å²) in [6.45, 7) is -0.386. The van der Waals surface area contributed by atoms with Crippen molar-refractivity contribution in [1.82, 2.24) is 5.32 Å². The van der Waals surface area contributed by atoms with Crippen LogP contribution in [-0.2, 0) is 38.7 Å². The van der Waals surface area contributed by atoms with Gasteiger partial charge in [0.05, 0.1) is 6.54 Å². The smallest absolute Gasteiger partial charge is 0.383 e. The fourth-order valence-corrected chi connectivity index (χ4v) is 0.606. The van der Waals surface area contributed by atoms with Crippen LogP contribution in [0, 0.1) is 0 Å². The molecule has 0 heterocycles. The summed E-state index contributed by atoms with van der Waals surface area (Å²) >= 11 is 0. The Labute approximate surface area is 106 Å². The Morgan fingerprint density at radius 2 is 1.89 bits per heavy atom. The van der Waals surface area contributed by atoms with Crippen LogP contribution >= 0.6 is 0 Å². The molecule has 11 nitrogen and oxygen atoms in total. The van der Waals surface area contributed by atoms with Crippen LogP contribution in [0.15, 0.2) is 0 Å². The Hall–Kier alpha value is -2.24. The SMILES string of the molecule is CC(=O)OOOC(=O)COC(=O)C(O)NC(=O)CN. The molecule has 0 bridgehead atoms. The molecule has 0 saturated heterocycles. The van der Waals surface area contributed by atoms with Crippen LogP contribution < -0.4 is 11.1 Å². The second kappa shape index (κ2) is 8.79. The van der Waals surface area contributed by atoms with E-state index in [1.165, 1.54) is 0 Å². The summed E-state index contributed by atoms with van der Waals surface area (Å²) in [5.41, 5.74) is 4.91. The maximum Gasteiger partial charge on any atom is 0.383 e. The Kier molecular flexibility index (Phi) is 7.76. The van der Waals surface area contributed by atoms with E-state index >= 15 is 0 Å². The van der Waals surface area contributed by atoms with Gasteiger partial charge in [-0.25, -0.2) is 14.4 Å². The number of amides is 1. The zero-order chi connectivity index (χ0) is 14.8. The van der Waals surface area contributed by atoms with E-state index in [0.29, 0.717) is 0 Å². The van der Waals surface area contributed by atoms with Crippen LogP contribution in [0.3, 0.4) is 0 Å². The molecular weight excluding hydrogens is 268 g/mol. The lowest BCUT2D eigenvalue weighted by molar-refractivity contribution is -0.459. The Bertz CT molecular complexity index is 356. The molecular formula is C8H12N2O9. The number of carbonyl (C=O) groups is 4. The number of nitrogens with two attached hydrogens (primary N) is 1. The number of esters is 1. The topological polar surface area (TPSA) is 163 Å². The van der Waals surface area contributed by atoms with Gasteiger partial charge >= 0.3 is 17.9 Å². The summed E-state index contributed by atoms with van der Waals surface area (Å²) in [5.74, 6) is -4.20. The molecule has 4 N–H and O–H groups in total. The summed E-state index contributed by atoms with van der Waals surface area (Å²) < 4.78 is 4.23. The summed E-state index contributed by atoms with van der Waals surface area (Å²) in [6, 6.07) is 0. The summed E-state index contributed by atoms with van der Waals surface area (Å²) in [4.78, 5) is 50.4. The first-order valence-corrected chi connectivity index (χ1v) is 4.75. The van der Waals surface area contributed by atoms with Gasteiger partial charge in [-0.1, -0.05) is 0 Å². The lowest BCUT2D eigenvalue weighted by Gasteiger charge is -2.10. The monoisotopic (exact) mass is 280 g/mol. The minimum Gasteiger partial charge on any atom is -0.450 e. The zero-order valence-corrected chi connectivity index (χ0v) is 9.78. The molecule has 19 heavy (non-hydrogen) atoms. The average Bonchev–Trinajstić information content (AvgIpc) is 2.35. The van der Waals surface area contributed by atoms with Gasteiger partial charge in [-0.05, 0) is 0 Å². The normalized spacial score (nSPS) is 11.1. The van der Waals surface area contributed by atoms with E-state index in [9.17, 15) is 19.2 Å². The summed E-state index contributed by atoms with van der Waals surface area (Å²) in [7, 11) is 0. The van der Waals surface area contributed by atoms with E-state index in [1.54, 1.807) is 5.32 Å². The van der Waals surface area contributed by atoms with Crippen molar-refractivity contribution in [3.63, 3.8) is 0 Å². The number of ether oxygens (including phenoxy) is 1. The highest BCUT2D eigenvalue weighted by Crippen LogP contribution is 1.89. The number of hydrogen-bond acceptors (Lipinski definition) is 10. The fraction of sp³-hybridized carbons (Fsp3) is 0.500. The van der Waals surface area contributed by atoms with Crippen LogP contribution in [0.4, 0.5) is 0 Å². The Morgan fingerprint density at radius 3 is 2.42 bits per heavy atom. The molecule has 1 atom stereocenters. The maximum atomic E-state index is 11.0. The molecule has 0 rings (SSSR count). The number of aliphatic hydroxyl groups excluding tert-OH is 1. The molecule has 0 aromatic rings. The van der Waals surface area contributed by atoms with Gasteiger partial charge in [0, 0.05) is 12.0 Å². The molecule has 0 aliphatic carbocycles. The van der Waals surface area contributed by atoms with E-state index in [0.717, 1.165) is 6.92 Å². The highest BCUT2D eigenvalue weighted by atomic mass is 17.5.